The predicted molar refractivity (Wildman–Crippen MR) is 111 cm³/mol. The average molecular weight is 422 g/mol. The maximum atomic E-state index is 12.6. The van der Waals surface area contributed by atoms with Crippen LogP contribution in [0.1, 0.15) is 16.7 Å². The van der Waals surface area contributed by atoms with E-state index in [2.05, 4.69) is 0 Å². The highest BCUT2D eigenvalue weighted by atomic mass is 35.5. The number of ether oxygens (including phenoxy) is 1. The molecule has 1 heterocycles. The van der Waals surface area contributed by atoms with E-state index in [1.54, 1.807) is 24.3 Å². The third kappa shape index (κ3) is 4.67. The standard InChI is InChI=1S/C20H17Cl2NO3S/c1-12-3-4-13(2)17(9-12)26-8-7-23-19(24)18(27-20(23)25)10-14-5-6-15(21)11-16(14)22/h3-6,9-11H,7-8H2,1-2H3/b18-10-. The molecule has 4 nitrogen and oxygen atoms in total. The Labute approximate surface area is 172 Å². The lowest BCUT2D eigenvalue weighted by atomic mass is 10.1. The highest BCUT2D eigenvalue weighted by Crippen LogP contribution is 2.34. The number of hydrogen-bond donors (Lipinski definition) is 0. The highest BCUT2D eigenvalue weighted by Gasteiger charge is 2.34. The zero-order chi connectivity index (χ0) is 19.6. The largest absolute Gasteiger partial charge is 0.491 e. The molecule has 3 rings (SSSR count). The molecule has 0 unspecified atom stereocenters. The van der Waals surface area contributed by atoms with Crippen molar-refractivity contribution in [3.05, 3.63) is 68.0 Å². The van der Waals surface area contributed by atoms with E-state index in [-0.39, 0.29) is 24.3 Å². The summed E-state index contributed by atoms with van der Waals surface area (Å²) in [6, 6.07) is 10.9. The zero-order valence-electron chi connectivity index (χ0n) is 14.8. The molecule has 2 aromatic carbocycles. The van der Waals surface area contributed by atoms with Gasteiger partial charge in [-0.15, -0.1) is 0 Å². The van der Waals surface area contributed by atoms with Crippen LogP contribution in [0.25, 0.3) is 6.08 Å². The van der Waals surface area contributed by atoms with Gasteiger partial charge in [-0.2, -0.15) is 0 Å². The summed E-state index contributed by atoms with van der Waals surface area (Å²) in [6.07, 6.45) is 1.61. The van der Waals surface area contributed by atoms with Crippen LogP contribution in [0.5, 0.6) is 5.75 Å². The minimum atomic E-state index is -0.347. The molecule has 2 aromatic rings. The number of aryl methyl sites for hydroxylation is 2. The van der Waals surface area contributed by atoms with Crippen LogP contribution >= 0.6 is 35.0 Å². The molecule has 27 heavy (non-hydrogen) atoms. The molecule has 140 valence electrons. The number of hydrogen-bond acceptors (Lipinski definition) is 4. The Hall–Kier alpha value is -1.95. The van der Waals surface area contributed by atoms with E-state index < -0.39 is 0 Å². The summed E-state index contributed by atoms with van der Waals surface area (Å²) >= 11 is 12.9. The molecular weight excluding hydrogens is 405 g/mol. The molecule has 2 amide bonds. The van der Waals surface area contributed by atoms with Crippen LogP contribution in [0.3, 0.4) is 0 Å². The zero-order valence-corrected chi connectivity index (χ0v) is 17.1. The van der Waals surface area contributed by atoms with Gasteiger partial charge >= 0.3 is 0 Å². The Kier molecular flexibility index (Phi) is 6.15. The number of imide groups is 1. The van der Waals surface area contributed by atoms with Crippen molar-refractivity contribution in [3.63, 3.8) is 0 Å². The second-order valence-electron chi connectivity index (χ2n) is 6.12. The summed E-state index contributed by atoms with van der Waals surface area (Å²) in [6.45, 7) is 4.35. The number of nitrogens with zero attached hydrogens (tertiary/aromatic N) is 1. The van der Waals surface area contributed by atoms with Crippen molar-refractivity contribution in [1.82, 2.24) is 4.90 Å². The lowest BCUT2D eigenvalue weighted by molar-refractivity contribution is -0.123. The highest BCUT2D eigenvalue weighted by molar-refractivity contribution is 8.18. The maximum absolute atomic E-state index is 12.6. The minimum Gasteiger partial charge on any atom is -0.491 e. The molecule has 1 aliphatic rings. The molecule has 0 atom stereocenters. The van der Waals surface area contributed by atoms with E-state index in [4.69, 9.17) is 27.9 Å². The molecule has 0 radical (unpaired) electrons. The smallest absolute Gasteiger partial charge is 0.293 e. The Morgan fingerprint density at radius 2 is 1.89 bits per heavy atom. The Morgan fingerprint density at radius 3 is 2.63 bits per heavy atom. The molecule has 0 aromatic heterocycles. The molecule has 0 saturated carbocycles. The van der Waals surface area contributed by atoms with Gasteiger partial charge in [0.15, 0.2) is 0 Å². The van der Waals surface area contributed by atoms with E-state index >= 15 is 0 Å². The van der Waals surface area contributed by atoms with Crippen LogP contribution in [0.2, 0.25) is 10.0 Å². The summed E-state index contributed by atoms with van der Waals surface area (Å²) in [5, 5.41) is 0.613. The minimum absolute atomic E-state index is 0.184. The quantitative estimate of drug-likeness (QED) is 0.578. The van der Waals surface area contributed by atoms with Crippen molar-refractivity contribution in [2.24, 2.45) is 0 Å². The monoisotopic (exact) mass is 421 g/mol. The van der Waals surface area contributed by atoms with Gasteiger partial charge in [-0.25, -0.2) is 0 Å². The van der Waals surface area contributed by atoms with Crippen molar-refractivity contribution in [1.29, 1.82) is 0 Å². The topological polar surface area (TPSA) is 46.6 Å². The lowest BCUT2D eigenvalue weighted by Crippen LogP contribution is -2.32. The van der Waals surface area contributed by atoms with Crippen LogP contribution in [-0.2, 0) is 4.79 Å². The second-order valence-corrected chi connectivity index (χ2v) is 7.95. The van der Waals surface area contributed by atoms with Gasteiger partial charge in [0, 0.05) is 10.0 Å². The van der Waals surface area contributed by atoms with Crippen LogP contribution < -0.4 is 4.74 Å². The summed E-state index contributed by atoms with van der Waals surface area (Å²) in [7, 11) is 0. The molecule has 0 spiro atoms. The van der Waals surface area contributed by atoms with Crippen LogP contribution in [0, 0.1) is 13.8 Å². The van der Waals surface area contributed by atoms with Gasteiger partial charge in [-0.1, -0.05) is 41.4 Å². The normalized spacial score (nSPS) is 15.7. The van der Waals surface area contributed by atoms with Gasteiger partial charge in [0.2, 0.25) is 0 Å². The summed E-state index contributed by atoms with van der Waals surface area (Å²) < 4.78 is 5.75. The molecular formula is C20H17Cl2NO3S. The fourth-order valence-electron chi connectivity index (χ4n) is 2.56. The van der Waals surface area contributed by atoms with Gasteiger partial charge < -0.3 is 4.74 Å². The first kappa shape index (κ1) is 19.8. The number of carbonyl (C=O) groups is 2. The number of halogens is 2. The molecule has 7 heteroatoms. The number of thioether (sulfide) groups is 1. The van der Waals surface area contributed by atoms with E-state index in [1.165, 1.54) is 4.90 Å². The molecule has 1 aliphatic heterocycles. The van der Waals surface area contributed by atoms with Crippen molar-refractivity contribution in [3.8, 4) is 5.75 Å². The fourth-order valence-corrected chi connectivity index (χ4v) is 3.88. The van der Waals surface area contributed by atoms with Crippen LogP contribution in [0.4, 0.5) is 4.79 Å². The van der Waals surface area contributed by atoms with Gasteiger partial charge in [0.05, 0.1) is 11.4 Å². The first-order valence-electron chi connectivity index (χ1n) is 8.25. The van der Waals surface area contributed by atoms with E-state index in [9.17, 15) is 9.59 Å². The number of rotatable bonds is 5. The summed E-state index contributed by atoms with van der Waals surface area (Å²) in [5.41, 5.74) is 2.73. The molecule has 1 fully saturated rings. The summed E-state index contributed by atoms with van der Waals surface area (Å²) in [5.74, 6) is 0.408. The van der Waals surface area contributed by atoms with Gasteiger partial charge in [-0.05, 0) is 66.6 Å². The van der Waals surface area contributed by atoms with Crippen LogP contribution in [-0.4, -0.2) is 29.2 Å². The van der Waals surface area contributed by atoms with Gasteiger partial charge in [0.25, 0.3) is 11.1 Å². The van der Waals surface area contributed by atoms with Crippen molar-refractivity contribution in [2.75, 3.05) is 13.2 Å². The van der Waals surface area contributed by atoms with E-state index in [0.717, 1.165) is 28.6 Å². The molecule has 0 aliphatic carbocycles. The fraction of sp³-hybridized carbons (Fsp3) is 0.200. The Morgan fingerprint density at radius 1 is 1.11 bits per heavy atom. The van der Waals surface area contributed by atoms with Crippen molar-refractivity contribution in [2.45, 2.75) is 13.8 Å². The van der Waals surface area contributed by atoms with E-state index in [0.29, 0.717) is 20.5 Å². The van der Waals surface area contributed by atoms with Gasteiger partial charge in [0.1, 0.15) is 12.4 Å². The average Bonchev–Trinajstić information content (AvgIpc) is 2.87. The maximum Gasteiger partial charge on any atom is 0.293 e. The van der Waals surface area contributed by atoms with Crippen molar-refractivity contribution >= 4 is 52.2 Å². The number of carbonyl (C=O) groups excluding carboxylic acids is 2. The molecule has 1 saturated heterocycles. The van der Waals surface area contributed by atoms with Crippen LogP contribution in [0.15, 0.2) is 41.3 Å². The molecule has 0 bridgehead atoms. The Balaban J connectivity index is 1.67. The first-order chi connectivity index (χ1) is 12.8. The van der Waals surface area contributed by atoms with Gasteiger partial charge in [-0.3, -0.25) is 14.5 Å². The SMILES string of the molecule is Cc1ccc(C)c(OCCN2C(=O)S/C(=C\c3ccc(Cl)cc3Cl)C2=O)c1. The summed E-state index contributed by atoms with van der Waals surface area (Å²) in [4.78, 5) is 26.3. The third-order valence-electron chi connectivity index (χ3n) is 4.04. The number of benzene rings is 2. The predicted octanol–water partition coefficient (Wildman–Crippen LogP) is 5.73. The third-order valence-corrected chi connectivity index (χ3v) is 5.51. The number of amides is 2. The Bertz CT molecular complexity index is 943. The molecule has 0 N–H and O–H groups in total. The van der Waals surface area contributed by atoms with E-state index in [1.807, 2.05) is 32.0 Å². The lowest BCUT2D eigenvalue weighted by Gasteiger charge is -2.14. The second kappa shape index (κ2) is 8.38. The van der Waals surface area contributed by atoms with Crippen molar-refractivity contribution < 1.29 is 14.3 Å². The first-order valence-corrected chi connectivity index (χ1v) is 9.83.